The Balaban J connectivity index is 2.23. The molecule has 1 atom stereocenters. The minimum atomic E-state index is -0.566. The molecule has 0 aliphatic carbocycles. The summed E-state index contributed by atoms with van der Waals surface area (Å²) in [6, 6.07) is 13.2. The largest absolute Gasteiger partial charge is 0.497 e. The summed E-state index contributed by atoms with van der Waals surface area (Å²) in [4.78, 5) is 27.6. The van der Waals surface area contributed by atoms with Crippen molar-refractivity contribution in [1.82, 2.24) is 10.2 Å². The summed E-state index contributed by atoms with van der Waals surface area (Å²) < 4.78 is 5.22. The number of ether oxygens (including phenoxy) is 1. The van der Waals surface area contributed by atoms with Crippen LogP contribution in [0.4, 0.5) is 0 Å². The second-order valence-electron chi connectivity index (χ2n) is 8.36. The van der Waals surface area contributed by atoms with Gasteiger partial charge in [-0.1, -0.05) is 55.3 Å². The average Bonchev–Trinajstić information content (AvgIpc) is 2.69. The fourth-order valence-electron chi connectivity index (χ4n) is 3.41. The van der Waals surface area contributed by atoms with Crippen molar-refractivity contribution in [3.63, 3.8) is 0 Å². The van der Waals surface area contributed by atoms with Crippen LogP contribution in [0.3, 0.4) is 0 Å². The lowest BCUT2D eigenvalue weighted by atomic mass is 10.0. The molecule has 0 unspecified atom stereocenters. The molecule has 0 bridgehead atoms. The molecule has 5 heteroatoms. The summed E-state index contributed by atoms with van der Waals surface area (Å²) in [6.07, 6.45) is 0.264. The molecule has 0 radical (unpaired) electrons. The Morgan fingerprint density at radius 1 is 0.967 bits per heavy atom. The Labute approximate surface area is 180 Å². The van der Waals surface area contributed by atoms with E-state index < -0.39 is 6.04 Å². The third-order valence-electron chi connectivity index (χ3n) is 5.00. The molecule has 0 saturated carbocycles. The van der Waals surface area contributed by atoms with Crippen molar-refractivity contribution >= 4 is 11.8 Å². The van der Waals surface area contributed by atoms with Crippen molar-refractivity contribution in [2.24, 2.45) is 5.92 Å². The van der Waals surface area contributed by atoms with E-state index in [1.54, 1.807) is 18.9 Å². The highest BCUT2D eigenvalue weighted by atomic mass is 16.5. The Bertz CT molecular complexity index is 839. The van der Waals surface area contributed by atoms with Crippen LogP contribution in [0.5, 0.6) is 5.75 Å². The van der Waals surface area contributed by atoms with E-state index in [1.807, 2.05) is 64.1 Å². The molecular formula is C25H34N2O3. The number of nitrogens with zero attached hydrogens (tertiary/aromatic N) is 1. The molecule has 2 amide bonds. The molecule has 2 aromatic rings. The van der Waals surface area contributed by atoms with Crippen LogP contribution in [-0.2, 0) is 22.6 Å². The topological polar surface area (TPSA) is 58.6 Å². The number of nitrogens with one attached hydrogen (secondary N) is 1. The molecule has 0 aliphatic heterocycles. The third-order valence-corrected chi connectivity index (χ3v) is 5.00. The van der Waals surface area contributed by atoms with Crippen LogP contribution < -0.4 is 10.1 Å². The minimum Gasteiger partial charge on any atom is -0.497 e. The van der Waals surface area contributed by atoms with Gasteiger partial charge in [0.2, 0.25) is 11.8 Å². The first-order valence-electron chi connectivity index (χ1n) is 10.5. The number of aryl methyl sites for hydroxylation is 2. The molecule has 2 rings (SSSR count). The molecule has 0 fully saturated rings. The highest BCUT2D eigenvalue weighted by molar-refractivity contribution is 5.88. The number of methoxy groups -OCH3 is 1. The summed E-state index contributed by atoms with van der Waals surface area (Å²) in [5.41, 5.74) is 4.17. The summed E-state index contributed by atoms with van der Waals surface area (Å²) >= 11 is 0. The van der Waals surface area contributed by atoms with E-state index >= 15 is 0 Å². The first kappa shape index (κ1) is 23.5. The van der Waals surface area contributed by atoms with Crippen LogP contribution in [0.25, 0.3) is 0 Å². The van der Waals surface area contributed by atoms with Gasteiger partial charge in [0.25, 0.3) is 0 Å². The normalized spacial score (nSPS) is 11.8. The van der Waals surface area contributed by atoms with E-state index in [9.17, 15) is 9.59 Å². The molecule has 0 heterocycles. The molecule has 0 saturated heterocycles. The second-order valence-corrected chi connectivity index (χ2v) is 8.36. The van der Waals surface area contributed by atoms with Crippen LogP contribution in [0.1, 0.15) is 43.0 Å². The maximum Gasteiger partial charge on any atom is 0.242 e. The van der Waals surface area contributed by atoms with Crippen molar-refractivity contribution in [2.45, 2.75) is 53.6 Å². The molecule has 30 heavy (non-hydrogen) atoms. The van der Waals surface area contributed by atoms with E-state index in [1.165, 1.54) is 0 Å². The lowest BCUT2D eigenvalue weighted by Crippen LogP contribution is -2.48. The second kappa shape index (κ2) is 10.8. The quantitative estimate of drug-likeness (QED) is 0.679. The standard InChI is InChI=1S/C25H34N2O3/c1-17(2)15-26-25(29)20(5)27(16-21-7-9-23(30-6)10-8-21)24(28)14-22-12-18(3)11-19(4)13-22/h7-13,17,20H,14-16H2,1-6H3,(H,26,29)/t20-/m0/s1. The van der Waals surface area contributed by atoms with Crippen LogP contribution in [-0.4, -0.2) is 36.4 Å². The Kier molecular flexibility index (Phi) is 8.46. The maximum absolute atomic E-state index is 13.3. The van der Waals surface area contributed by atoms with Gasteiger partial charge in [-0.15, -0.1) is 0 Å². The third kappa shape index (κ3) is 6.90. The van der Waals surface area contributed by atoms with Crippen LogP contribution in [0.15, 0.2) is 42.5 Å². The molecule has 0 aromatic heterocycles. The SMILES string of the molecule is COc1ccc(CN(C(=O)Cc2cc(C)cc(C)c2)[C@@H](C)C(=O)NCC(C)C)cc1. The molecule has 0 spiro atoms. The Morgan fingerprint density at radius 3 is 2.10 bits per heavy atom. The van der Waals surface area contributed by atoms with Crippen molar-refractivity contribution < 1.29 is 14.3 Å². The molecule has 0 aliphatic rings. The van der Waals surface area contributed by atoms with E-state index in [4.69, 9.17) is 4.74 Å². The van der Waals surface area contributed by atoms with Gasteiger partial charge in [0.15, 0.2) is 0 Å². The smallest absolute Gasteiger partial charge is 0.242 e. The summed E-state index contributed by atoms with van der Waals surface area (Å²) in [7, 11) is 1.62. The summed E-state index contributed by atoms with van der Waals surface area (Å²) in [5.74, 6) is 0.908. The Hall–Kier alpha value is -2.82. The van der Waals surface area contributed by atoms with Gasteiger partial charge in [-0.05, 0) is 49.9 Å². The highest BCUT2D eigenvalue weighted by Gasteiger charge is 2.26. The average molecular weight is 411 g/mol. The molecule has 1 N–H and O–H groups in total. The number of amides is 2. The van der Waals surface area contributed by atoms with Gasteiger partial charge in [0, 0.05) is 13.1 Å². The monoisotopic (exact) mass is 410 g/mol. The predicted octanol–water partition coefficient (Wildman–Crippen LogP) is 4.04. The zero-order valence-corrected chi connectivity index (χ0v) is 19.0. The van der Waals surface area contributed by atoms with E-state index in [2.05, 4.69) is 11.4 Å². The zero-order chi connectivity index (χ0) is 22.3. The van der Waals surface area contributed by atoms with E-state index in [0.29, 0.717) is 19.0 Å². The highest BCUT2D eigenvalue weighted by Crippen LogP contribution is 2.17. The summed E-state index contributed by atoms with van der Waals surface area (Å²) in [5, 5.41) is 2.95. The van der Waals surface area contributed by atoms with Crippen molar-refractivity contribution in [3.05, 3.63) is 64.7 Å². The van der Waals surface area contributed by atoms with Gasteiger partial charge < -0.3 is 15.0 Å². The fourth-order valence-corrected chi connectivity index (χ4v) is 3.41. The molecule has 5 nitrogen and oxygen atoms in total. The zero-order valence-electron chi connectivity index (χ0n) is 19.0. The molecular weight excluding hydrogens is 376 g/mol. The first-order chi connectivity index (χ1) is 14.2. The van der Waals surface area contributed by atoms with Crippen LogP contribution >= 0.6 is 0 Å². The van der Waals surface area contributed by atoms with Gasteiger partial charge in [0.1, 0.15) is 11.8 Å². The van der Waals surface area contributed by atoms with Gasteiger partial charge in [-0.2, -0.15) is 0 Å². The lowest BCUT2D eigenvalue weighted by Gasteiger charge is -2.29. The maximum atomic E-state index is 13.3. The Morgan fingerprint density at radius 2 is 1.57 bits per heavy atom. The van der Waals surface area contributed by atoms with E-state index in [-0.39, 0.29) is 18.2 Å². The molecule has 2 aromatic carbocycles. The number of carbonyl (C=O) groups excluding carboxylic acids is 2. The number of carbonyl (C=O) groups is 2. The van der Waals surface area contributed by atoms with Gasteiger partial charge >= 0.3 is 0 Å². The van der Waals surface area contributed by atoms with Crippen LogP contribution in [0, 0.1) is 19.8 Å². The lowest BCUT2D eigenvalue weighted by molar-refractivity contribution is -0.140. The van der Waals surface area contributed by atoms with Gasteiger partial charge in [-0.25, -0.2) is 0 Å². The predicted molar refractivity (Wildman–Crippen MR) is 120 cm³/mol. The molecule has 162 valence electrons. The number of hydrogen-bond acceptors (Lipinski definition) is 3. The number of hydrogen-bond donors (Lipinski definition) is 1. The number of rotatable bonds is 9. The first-order valence-corrected chi connectivity index (χ1v) is 10.5. The van der Waals surface area contributed by atoms with Crippen molar-refractivity contribution in [1.29, 1.82) is 0 Å². The van der Waals surface area contributed by atoms with Crippen molar-refractivity contribution in [3.8, 4) is 5.75 Å². The summed E-state index contributed by atoms with van der Waals surface area (Å²) in [6.45, 7) is 10.9. The van der Waals surface area contributed by atoms with E-state index in [0.717, 1.165) is 28.0 Å². The van der Waals surface area contributed by atoms with Gasteiger partial charge in [-0.3, -0.25) is 9.59 Å². The van der Waals surface area contributed by atoms with Gasteiger partial charge in [0.05, 0.1) is 13.5 Å². The fraction of sp³-hybridized carbons (Fsp3) is 0.440. The van der Waals surface area contributed by atoms with Crippen molar-refractivity contribution in [2.75, 3.05) is 13.7 Å². The number of benzene rings is 2. The minimum absolute atomic E-state index is 0.0667. The van der Waals surface area contributed by atoms with Crippen LogP contribution in [0.2, 0.25) is 0 Å².